The molecule has 1 aromatic rings. The Hall–Kier alpha value is -0.580. The van der Waals surface area contributed by atoms with E-state index in [-0.39, 0.29) is 6.54 Å². The van der Waals surface area contributed by atoms with E-state index < -0.39 is 12.1 Å². The summed E-state index contributed by atoms with van der Waals surface area (Å²) in [6.45, 7) is -0.0587. The molecule has 0 aliphatic rings. The van der Waals surface area contributed by atoms with Crippen LogP contribution < -0.4 is 5.32 Å². The fraction of sp³-hybridized carbons (Fsp3) is 0.444. The second-order valence-electron chi connectivity index (χ2n) is 3.05. The minimum Gasteiger partial charge on any atom is -0.310 e. The van der Waals surface area contributed by atoms with Gasteiger partial charge in [0.2, 0.25) is 0 Å². The molecule has 7 heteroatoms. The molecule has 1 atom stereocenters. The second-order valence-corrected chi connectivity index (χ2v) is 4.90. The van der Waals surface area contributed by atoms with Crippen molar-refractivity contribution in [2.45, 2.75) is 12.7 Å². The molecule has 0 aliphatic heterocycles. The van der Waals surface area contributed by atoms with Gasteiger partial charge in [0.25, 0.3) is 0 Å². The third-order valence-electron chi connectivity index (χ3n) is 1.88. The minimum atomic E-state index is -4.46. The van der Waals surface area contributed by atoms with E-state index in [0.717, 1.165) is 9.35 Å². The fourth-order valence-electron chi connectivity index (χ4n) is 1.02. The van der Waals surface area contributed by atoms with Gasteiger partial charge in [-0.05, 0) is 27.4 Å². The minimum absolute atomic E-state index is 0.326. The Morgan fingerprint density at radius 3 is 2.69 bits per heavy atom. The van der Waals surface area contributed by atoms with Crippen molar-refractivity contribution in [2.75, 3.05) is 6.54 Å². The van der Waals surface area contributed by atoms with E-state index in [0.29, 0.717) is 6.54 Å². The van der Waals surface area contributed by atoms with Crippen LogP contribution in [0.3, 0.4) is 0 Å². The number of rotatable bonds is 4. The van der Waals surface area contributed by atoms with Gasteiger partial charge in [-0.3, -0.25) is 0 Å². The lowest BCUT2D eigenvalue weighted by molar-refractivity contribution is -0.157. The number of alkyl halides is 3. The molecule has 88 valence electrons. The van der Waals surface area contributed by atoms with E-state index in [1.807, 2.05) is 11.4 Å². The van der Waals surface area contributed by atoms with E-state index >= 15 is 0 Å². The first-order valence-electron chi connectivity index (χ1n) is 4.34. The summed E-state index contributed by atoms with van der Waals surface area (Å²) < 4.78 is 37.5. The molecule has 0 saturated carbocycles. The first-order valence-corrected chi connectivity index (χ1v) is 6.01. The average Bonchev–Trinajstić information content (AvgIpc) is 2.57. The van der Waals surface area contributed by atoms with E-state index in [4.69, 9.17) is 5.26 Å². The van der Waals surface area contributed by atoms with Gasteiger partial charge in [0.1, 0.15) is 0 Å². The van der Waals surface area contributed by atoms with Crippen molar-refractivity contribution in [1.82, 2.24) is 5.32 Å². The molecule has 2 nitrogen and oxygen atoms in total. The summed E-state index contributed by atoms with van der Waals surface area (Å²) in [7, 11) is 0. The number of halogens is 4. The van der Waals surface area contributed by atoms with Crippen molar-refractivity contribution in [3.05, 3.63) is 20.8 Å². The van der Waals surface area contributed by atoms with Crippen LogP contribution in [0.5, 0.6) is 0 Å². The zero-order valence-electron chi connectivity index (χ0n) is 8.01. The lowest BCUT2D eigenvalue weighted by Crippen LogP contribution is -2.32. The Balaban J connectivity index is 2.41. The topological polar surface area (TPSA) is 35.8 Å². The Morgan fingerprint density at radius 1 is 1.56 bits per heavy atom. The van der Waals surface area contributed by atoms with Crippen molar-refractivity contribution < 1.29 is 13.2 Å². The number of thiophene rings is 1. The number of nitrogens with zero attached hydrogens (tertiary/aromatic N) is 1. The standard InChI is InChI=1S/C9H8BrF3N2S/c10-7-1-2-16-8(7)5-15-4-6(3-14)9(11,12)13/h1-2,6,15H,4-5H2. The summed E-state index contributed by atoms with van der Waals surface area (Å²) in [6, 6.07) is 3.07. The molecule has 0 aromatic carbocycles. The highest BCUT2D eigenvalue weighted by atomic mass is 79.9. The van der Waals surface area contributed by atoms with Gasteiger partial charge in [0, 0.05) is 22.4 Å². The molecule has 1 N–H and O–H groups in total. The first kappa shape index (κ1) is 13.5. The molecular formula is C9H8BrF3N2S. The summed E-state index contributed by atoms with van der Waals surface area (Å²) in [5, 5.41) is 12.8. The summed E-state index contributed by atoms with van der Waals surface area (Å²) in [5.74, 6) is -1.95. The van der Waals surface area contributed by atoms with Crippen LogP contribution in [0.1, 0.15) is 4.88 Å². The van der Waals surface area contributed by atoms with Crippen LogP contribution in [0, 0.1) is 17.2 Å². The molecule has 0 saturated heterocycles. The molecule has 0 aliphatic carbocycles. The molecule has 1 rings (SSSR count). The summed E-state index contributed by atoms with van der Waals surface area (Å²) in [5.41, 5.74) is 0. The Morgan fingerprint density at radius 2 is 2.25 bits per heavy atom. The number of hydrogen-bond donors (Lipinski definition) is 1. The SMILES string of the molecule is N#CC(CNCc1sccc1Br)C(F)(F)F. The third kappa shape index (κ3) is 3.77. The van der Waals surface area contributed by atoms with Crippen molar-refractivity contribution in [1.29, 1.82) is 5.26 Å². The van der Waals surface area contributed by atoms with Gasteiger partial charge in [0.05, 0.1) is 6.07 Å². The molecule has 16 heavy (non-hydrogen) atoms. The van der Waals surface area contributed by atoms with Gasteiger partial charge in [-0.2, -0.15) is 18.4 Å². The number of hydrogen-bond acceptors (Lipinski definition) is 3. The summed E-state index contributed by atoms with van der Waals surface area (Å²) in [4.78, 5) is 0.916. The van der Waals surface area contributed by atoms with Crippen LogP contribution in [-0.2, 0) is 6.54 Å². The highest BCUT2D eigenvalue weighted by molar-refractivity contribution is 9.10. The second kappa shape index (κ2) is 5.66. The first-order chi connectivity index (χ1) is 7.45. The maximum absolute atomic E-state index is 12.2. The lowest BCUT2D eigenvalue weighted by Gasteiger charge is -2.13. The molecule has 0 radical (unpaired) electrons. The lowest BCUT2D eigenvalue weighted by atomic mass is 10.1. The van der Waals surface area contributed by atoms with E-state index in [1.165, 1.54) is 17.4 Å². The zero-order valence-corrected chi connectivity index (χ0v) is 10.4. The van der Waals surface area contributed by atoms with Gasteiger partial charge in [-0.1, -0.05) is 0 Å². The maximum atomic E-state index is 12.2. The van der Waals surface area contributed by atoms with Crippen molar-refractivity contribution >= 4 is 27.3 Å². The highest BCUT2D eigenvalue weighted by Crippen LogP contribution is 2.26. The van der Waals surface area contributed by atoms with E-state index in [9.17, 15) is 13.2 Å². The van der Waals surface area contributed by atoms with Crippen molar-refractivity contribution in [2.24, 2.45) is 5.92 Å². The van der Waals surface area contributed by atoms with E-state index in [2.05, 4.69) is 21.2 Å². The van der Waals surface area contributed by atoms with Crippen LogP contribution in [-0.4, -0.2) is 12.7 Å². The highest BCUT2D eigenvalue weighted by Gasteiger charge is 2.39. The largest absolute Gasteiger partial charge is 0.405 e. The Bertz CT molecular complexity index is 383. The van der Waals surface area contributed by atoms with Crippen molar-refractivity contribution in [3.63, 3.8) is 0 Å². The average molecular weight is 313 g/mol. The molecule has 0 amide bonds. The van der Waals surface area contributed by atoms with Gasteiger partial charge in [-0.15, -0.1) is 11.3 Å². The third-order valence-corrected chi connectivity index (χ3v) is 3.80. The Kier molecular flexibility index (Phi) is 4.77. The quantitative estimate of drug-likeness (QED) is 0.926. The van der Waals surface area contributed by atoms with Crippen LogP contribution in [0.25, 0.3) is 0 Å². The number of nitriles is 1. The molecular weight excluding hydrogens is 305 g/mol. The molecule has 0 fully saturated rings. The molecule has 0 spiro atoms. The van der Waals surface area contributed by atoms with Gasteiger partial charge < -0.3 is 5.32 Å². The smallest absolute Gasteiger partial charge is 0.310 e. The summed E-state index contributed by atoms with van der Waals surface area (Å²) >= 11 is 4.72. The number of nitrogens with one attached hydrogen (secondary N) is 1. The van der Waals surface area contributed by atoms with Gasteiger partial charge in [-0.25, -0.2) is 0 Å². The summed E-state index contributed by atoms with van der Waals surface area (Å²) in [6.07, 6.45) is -4.46. The Labute approximate surface area is 103 Å². The maximum Gasteiger partial charge on any atom is 0.405 e. The predicted octanol–water partition coefficient (Wildman–Crippen LogP) is 3.30. The fourth-order valence-corrected chi connectivity index (χ4v) is 2.48. The molecule has 1 heterocycles. The van der Waals surface area contributed by atoms with Crippen LogP contribution >= 0.6 is 27.3 Å². The zero-order chi connectivity index (χ0) is 12.2. The van der Waals surface area contributed by atoms with Gasteiger partial charge >= 0.3 is 6.18 Å². The normalized spacial score (nSPS) is 13.4. The molecule has 1 unspecified atom stereocenters. The van der Waals surface area contributed by atoms with Crippen molar-refractivity contribution in [3.8, 4) is 6.07 Å². The predicted molar refractivity (Wildman–Crippen MR) is 58.9 cm³/mol. The van der Waals surface area contributed by atoms with Crippen LogP contribution in [0.15, 0.2) is 15.9 Å². The monoisotopic (exact) mass is 312 g/mol. The van der Waals surface area contributed by atoms with Gasteiger partial charge in [0.15, 0.2) is 5.92 Å². The van der Waals surface area contributed by atoms with Crippen LogP contribution in [0.2, 0.25) is 0 Å². The molecule has 0 bridgehead atoms. The van der Waals surface area contributed by atoms with E-state index in [1.54, 1.807) is 0 Å². The molecule has 1 aromatic heterocycles. The van der Waals surface area contributed by atoms with Crippen LogP contribution in [0.4, 0.5) is 13.2 Å².